The van der Waals surface area contributed by atoms with E-state index < -0.39 is 0 Å². The van der Waals surface area contributed by atoms with E-state index in [4.69, 9.17) is 11.6 Å². The van der Waals surface area contributed by atoms with Crippen molar-refractivity contribution < 1.29 is 0 Å². The van der Waals surface area contributed by atoms with Crippen molar-refractivity contribution in [3.05, 3.63) is 92.5 Å². The van der Waals surface area contributed by atoms with Crippen LogP contribution in [0.1, 0.15) is 18.7 Å². The molecule has 0 aliphatic rings. The Morgan fingerprint density at radius 2 is 1.84 bits per heavy atom. The Kier molecular flexibility index (Phi) is 4.56. The molecule has 0 amide bonds. The van der Waals surface area contributed by atoms with Crippen LogP contribution in [0.15, 0.2) is 70.5 Å². The van der Waals surface area contributed by atoms with Crippen molar-refractivity contribution in [3.63, 3.8) is 0 Å². The number of imidazole rings is 1. The first kappa shape index (κ1) is 19.1. The van der Waals surface area contributed by atoms with Crippen LogP contribution in [0, 0.1) is 0 Å². The molecule has 0 aliphatic carbocycles. The monoisotopic (exact) mass is 432 g/mol. The molecule has 0 aliphatic heterocycles. The minimum Gasteiger partial charge on any atom is -0.360 e. The highest BCUT2D eigenvalue weighted by atomic mass is 35.5. The fraction of sp³-hybridized carbons (Fsp3) is 0.0909. The molecule has 0 radical (unpaired) electrons. The molecule has 0 saturated carbocycles. The number of fused-ring (bicyclic) bond motifs is 2. The maximum Gasteiger partial charge on any atom is 0.325 e. The van der Waals surface area contributed by atoms with Crippen LogP contribution in [0.4, 0.5) is 5.82 Å². The summed E-state index contributed by atoms with van der Waals surface area (Å²) in [5.41, 5.74) is 1.74. The Labute approximate surface area is 180 Å². The Morgan fingerprint density at radius 3 is 2.65 bits per heavy atom. The van der Waals surface area contributed by atoms with Gasteiger partial charge in [0.2, 0.25) is 0 Å². The van der Waals surface area contributed by atoms with Crippen LogP contribution in [0.2, 0.25) is 5.02 Å². The highest BCUT2D eigenvalue weighted by Gasteiger charge is 2.19. The average molecular weight is 433 g/mol. The van der Waals surface area contributed by atoms with Crippen LogP contribution in [0.5, 0.6) is 0 Å². The second kappa shape index (κ2) is 7.41. The largest absolute Gasteiger partial charge is 0.360 e. The van der Waals surface area contributed by atoms with Gasteiger partial charge in [-0.15, -0.1) is 0 Å². The van der Waals surface area contributed by atoms with Gasteiger partial charge in [-0.1, -0.05) is 41.9 Å². The Morgan fingerprint density at radius 1 is 1.03 bits per heavy atom. The summed E-state index contributed by atoms with van der Waals surface area (Å²) in [7, 11) is 0. The molecule has 0 fully saturated rings. The van der Waals surface area contributed by atoms with Crippen molar-refractivity contribution in [3.8, 4) is 5.69 Å². The first-order valence-electron chi connectivity index (χ1n) is 9.62. The van der Waals surface area contributed by atoms with E-state index in [1.807, 2.05) is 55.5 Å². The van der Waals surface area contributed by atoms with Gasteiger partial charge in [-0.3, -0.25) is 14.3 Å². The topological polar surface area (TPSA) is 108 Å². The number of aromatic amines is 2. The molecule has 3 aromatic heterocycles. The van der Waals surface area contributed by atoms with Crippen molar-refractivity contribution >= 4 is 39.4 Å². The summed E-state index contributed by atoms with van der Waals surface area (Å²) in [5.74, 6) is 0.453. The summed E-state index contributed by atoms with van der Waals surface area (Å²) in [6.45, 7) is 1.92. The zero-order valence-electron chi connectivity index (χ0n) is 16.4. The summed E-state index contributed by atoms with van der Waals surface area (Å²) in [6.07, 6.45) is 1.37. The van der Waals surface area contributed by atoms with Gasteiger partial charge in [0.1, 0.15) is 11.8 Å². The van der Waals surface area contributed by atoms with Crippen molar-refractivity contribution in [1.82, 2.24) is 24.5 Å². The molecule has 5 aromatic rings. The lowest BCUT2D eigenvalue weighted by Crippen LogP contribution is -2.25. The first-order valence-corrected chi connectivity index (χ1v) is 10.00. The molecule has 8 nitrogen and oxygen atoms in total. The van der Waals surface area contributed by atoms with Gasteiger partial charge >= 0.3 is 5.69 Å². The molecule has 2 aromatic carbocycles. The van der Waals surface area contributed by atoms with Crippen LogP contribution in [0.3, 0.4) is 0 Å². The van der Waals surface area contributed by atoms with Crippen molar-refractivity contribution in [2.75, 3.05) is 5.32 Å². The van der Waals surface area contributed by atoms with E-state index in [9.17, 15) is 9.59 Å². The van der Waals surface area contributed by atoms with Crippen LogP contribution in [-0.4, -0.2) is 24.5 Å². The number of pyridine rings is 1. The number of para-hydroxylation sites is 1. The second-order valence-electron chi connectivity index (χ2n) is 7.14. The van der Waals surface area contributed by atoms with Gasteiger partial charge in [-0.05, 0) is 36.6 Å². The average Bonchev–Trinajstić information content (AvgIpc) is 3.15. The zero-order chi connectivity index (χ0) is 21.5. The number of H-pyrrole nitrogens is 2. The number of hydrogen-bond acceptors (Lipinski definition) is 5. The lowest BCUT2D eigenvalue weighted by atomic mass is 10.1. The van der Waals surface area contributed by atoms with Gasteiger partial charge in [-0.25, -0.2) is 14.8 Å². The number of hydrogen-bond donors (Lipinski definition) is 3. The van der Waals surface area contributed by atoms with Crippen LogP contribution in [0.25, 0.3) is 27.6 Å². The summed E-state index contributed by atoms with van der Waals surface area (Å²) >= 11 is 6.37. The molecule has 31 heavy (non-hydrogen) atoms. The Bertz CT molecular complexity index is 1540. The van der Waals surface area contributed by atoms with E-state index in [2.05, 4.69) is 25.3 Å². The normalized spacial score (nSPS) is 12.3. The number of anilines is 1. The third-order valence-electron chi connectivity index (χ3n) is 5.15. The van der Waals surface area contributed by atoms with Gasteiger partial charge in [-0.2, -0.15) is 0 Å². The number of nitrogens with one attached hydrogen (secondary N) is 3. The van der Waals surface area contributed by atoms with E-state index in [0.29, 0.717) is 27.4 Å². The third kappa shape index (κ3) is 3.27. The molecule has 0 spiro atoms. The lowest BCUT2D eigenvalue weighted by Gasteiger charge is -2.21. The quantitative estimate of drug-likeness (QED) is 0.400. The van der Waals surface area contributed by atoms with Crippen molar-refractivity contribution in [1.29, 1.82) is 0 Å². The van der Waals surface area contributed by atoms with Crippen molar-refractivity contribution in [2.45, 2.75) is 13.0 Å². The third-order valence-corrected chi connectivity index (χ3v) is 5.47. The predicted octanol–water partition coefficient (Wildman–Crippen LogP) is 3.78. The number of nitrogens with zero attached hydrogens (tertiary/aromatic N) is 3. The van der Waals surface area contributed by atoms with Crippen LogP contribution in [-0.2, 0) is 0 Å². The minimum absolute atomic E-state index is 0.208. The first-order chi connectivity index (χ1) is 15.0. The molecule has 0 saturated heterocycles. The fourth-order valence-electron chi connectivity index (χ4n) is 3.74. The highest BCUT2D eigenvalue weighted by Crippen LogP contribution is 2.27. The van der Waals surface area contributed by atoms with E-state index in [1.165, 1.54) is 6.33 Å². The molecular formula is C22H17ClN6O2. The molecule has 0 unspecified atom stereocenters. The maximum atomic E-state index is 13.5. The van der Waals surface area contributed by atoms with E-state index in [1.54, 1.807) is 10.6 Å². The molecule has 3 heterocycles. The lowest BCUT2D eigenvalue weighted by molar-refractivity contribution is 0.774. The van der Waals surface area contributed by atoms with Gasteiger partial charge in [0.05, 0.1) is 16.5 Å². The number of aromatic nitrogens is 5. The molecule has 9 heteroatoms. The van der Waals surface area contributed by atoms with Gasteiger partial charge in [0, 0.05) is 11.4 Å². The zero-order valence-corrected chi connectivity index (χ0v) is 17.1. The van der Waals surface area contributed by atoms with Crippen LogP contribution < -0.4 is 16.6 Å². The summed E-state index contributed by atoms with van der Waals surface area (Å²) in [5, 5.41) is 4.91. The summed E-state index contributed by atoms with van der Waals surface area (Å²) in [4.78, 5) is 38.9. The highest BCUT2D eigenvalue weighted by molar-refractivity contribution is 6.35. The van der Waals surface area contributed by atoms with E-state index in [-0.39, 0.29) is 17.3 Å². The van der Waals surface area contributed by atoms with Gasteiger partial charge < -0.3 is 10.3 Å². The standard InChI is InChI=1S/C22H17ClN6O2/c1-12(26-19-18-20(25-11-24-19)28-22(31)27-18)16-10-13-6-5-9-15(23)17(13)21(30)29(16)14-7-3-2-4-8-14/h2-12H,1H3,(H3,24,25,26,27,28,31)/t12-/m1/s1. The molecule has 3 N–H and O–H groups in total. The Balaban J connectivity index is 1.71. The van der Waals surface area contributed by atoms with Gasteiger partial charge in [0.15, 0.2) is 11.5 Å². The summed E-state index contributed by atoms with van der Waals surface area (Å²) < 4.78 is 1.64. The molecular weight excluding hydrogens is 416 g/mol. The smallest absolute Gasteiger partial charge is 0.325 e. The second-order valence-corrected chi connectivity index (χ2v) is 7.55. The Hall–Kier alpha value is -3.91. The molecule has 154 valence electrons. The minimum atomic E-state index is -0.368. The predicted molar refractivity (Wildman–Crippen MR) is 121 cm³/mol. The van der Waals surface area contributed by atoms with Gasteiger partial charge in [0.25, 0.3) is 5.56 Å². The van der Waals surface area contributed by atoms with E-state index in [0.717, 1.165) is 16.8 Å². The van der Waals surface area contributed by atoms with Crippen molar-refractivity contribution in [2.24, 2.45) is 0 Å². The maximum absolute atomic E-state index is 13.5. The molecule has 5 rings (SSSR count). The molecule has 1 atom stereocenters. The SMILES string of the molecule is C[C@@H](Nc1ncnc2[nH]c(=O)[nH]c12)c1cc2cccc(Cl)c2c(=O)n1-c1ccccc1. The summed E-state index contributed by atoms with van der Waals surface area (Å²) in [6, 6.07) is 16.4. The van der Waals surface area contributed by atoms with E-state index >= 15 is 0 Å². The number of rotatable bonds is 4. The fourth-order valence-corrected chi connectivity index (χ4v) is 4.00. The number of halogens is 1. The number of benzene rings is 2. The molecule has 0 bridgehead atoms. The van der Waals surface area contributed by atoms with Crippen LogP contribution >= 0.6 is 11.6 Å².